The van der Waals surface area contributed by atoms with E-state index < -0.39 is 0 Å². The summed E-state index contributed by atoms with van der Waals surface area (Å²) in [6.07, 6.45) is 3.19. The molecule has 27 heavy (non-hydrogen) atoms. The topological polar surface area (TPSA) is 64.1 Å². The average molecular weight is 378 g/mol. The molecule has 1 unspecified atom stereocenters. The van der Waals surface area contributed by atoms with E-state index in [2.05, 4.69) is 41.6 Å². The third kappa shape index (κ3) is 9.11. The second-order valence-electron chi connectivity index (χ2n) is 7.23. The van der Waals surface area contributed by atoms with E-state index in [0.29, 0.717) is 5.92 Å². The van der Waals surface area contributed by atoms with Gasteiger partial charge in [0.25, 0.3) is 0 Å². The third-order valence-electron chi connectivity index (χ3n) is 4.29. The molecular weight excluding hydrogens is 342 g/mol. The maximum Gasteiger partial charge on any atom is 0.190 e. The summed E-state index contributed by atoms with van der Waals surface area (Å²) in [5, 5.41) is 6.68. The highest BCUT2D eigenvalue weighted by atomic mass is 16.5. The Labute approximate surface area is 163 Å². The zero-order valence-corrected chi connectivity index (χ0v) is 17.0. The van der Waals surface area contributed by atoms with Crippen molar-refractivity contribution in [1.29, 1.82) is 0 Å². The van der Waals surface area contributed by atoms with E-state index in [0.717, 1.165) is 70.5 Å². The number of nitrogens with zero attached hydrogens (tertiary/aromatic N) is 1. The first-order chi connectivity index (χ1) is 13.2. The van der Waals surface area contributed by atoms with Crippen molar-refractivity contribution in [3.05, 3.63) is 29.8 Å². The lowest BCUT2D eigenvalue weighted by molar-refractivity contribution is 0.0420. The van der Waals surface area contributed by atoms with Crippen molar-refractivity contribution in [2.24, 2.45) is 10.9 Å². The van der Waals surface area contributed by atoms with Crippen LogP contribution in [0.5, 0.6) is 5.75 Å². The number of ether oxygens (including phenoxy) is 3. The summed E-state index contributed by atoms with van der Waals surface area (Å²) in [4.78, 5) is 4.26. The summed E-state index contributed by atoms with van der Waals surface area (Å²) in [6.45, 7) is 9.05. The molecule has 0 radical (unpaired) electrons. The van der Waals surface area contributed by atoms with Crippen LogP contribution in [-0.2, 0) is 15.9 Å². The van der Waals surface area contributed by atoms with Crippen LogP contribution in [-0.4, -0.2) is 58.6 Å². The predicted octanol–water partition coefficient (Wildman–Crippen LogP) is 2.62. The Hall–Kier alpha value is -1.79. The monoisotopic (exact) mass is 377 g/mol. The first kappa shape index (κ1) is 21.5. The molecule has 0 saturated carbocycles. The normalized spacial score (nSPS) is 17.3. The molecule has 0 spiro atoms. The lowest BCUT2D eigenvalue weighted by Crippen LogP contribution is -2.39. The molecule has 2 N–H and O–H groups in total. The summed E-state index contributed by atoms with van der Waals surface area (Å²) >= 11 is 0. The molecule has 152 valence electrons. The maximum atomic E-state index is 5.76. The highest BCUT2D eigenvalue weighted by Gasteiger charge is 2.15. The van der Waals surface area contributed by atoms with Crippen LogP contribution in [0.15, 0.2) is 29.3 Å². The van der Waals surface area contributed by atoms with Gasteiger partial charge in [-0.05, 0) is 42.9 Å². The Morgan fingerprint density at radius 2 is 2.00 bits per heavy atom. The Bertz CT molecular complexity index is 540. The molecule has 1 fully saturated rings. The number of nitrogens with one attached hydrogen (secondary N) is 2. The number of hydrogen-bond donors (Lipinski definition) is 2. The molecule has 0 aromatic heterocycles. The van der Waals surface area contributed by atoms with Crippen LogP contribution in [0.25, 0.3) is 0 Å². The van der Waals surface area contributed by atoms with Crippen LogP contribution in [0.2, 0.25) is 0 Å². The lowest BCUT2D eigenvalue weighted by Gasteiger charge is -2.13. The van der Waals surface area contributed by atoms with Crippen LogP contribution >= 0.6 is 0 Å². The molecule has 2 rings (SSSR count). The smallest absolute Gasteiger partial charge is 0.190 e. The lowest BCUT2D eigenvalue weighted by atomic mass is 10.1. The minimum Gasteiger partial charge on any atom is -0.493 e. The van der Waals surface area contributed by atoms with Crippen molar-refractivity contribution >= 4 is 5.96 Å². The van der Waals surface area contributed by atoms with Crippen LogP contribution in [0, 0.1) is 5.92 Å². The van der Waals surface area contributed by atoms with E-state index in [1.165, 1.54) is 5.56 Å². The fraction of sp³-hybridized carbons (Fsp3) is 0.667. The van der Waals surface area contributed by atoms with Gasteiger partial charge in [0.1, 0.15) is 5.75 Å². The first-order valence-corrected chi connectivity index (χ1v) is 10.0. The van der Waals surface area contributed by atoms with Gasteiger partial charge < -0.3 is 24.8 Å². The Morgan fingerprint density at radius 3 is 2.67 bits per heavy atom. The van der Waals surface area contributed by atoms with Gasteiger partial charge in [-0.15, -0.1) is 0 Å². The van der Waals surface area contributed by atoms with Crippen LogP contribution < -0.4 is 15.4 Å². The highest BCUT2D eigenvalue weighted by Crippen LogP contribution is 2.13. The molecule has 0 amide bonds. The van der Waals surface area contributed by atoms with Gasteiger partial charge in [-0.3, -0.25) is 4.99 Å². The second kappa shape index (κ2) is 12.6. The van der Waals surface area contributed by atoms with Gasteiger partial charge in [0, 0.05) is 33.4 Å². The summed E-state index contributed by atoms with van der Waals surface area (Å²) in [5.74, 6) is 2.30. The van der Waals surface area contributed by atoms with Crippen LogP contribution in [0.1, 0.15) is 32.3 Å². The van der Waals surface area contributed by atoms with E-state index in [4.69, 9.17) is 14.2 Å². The summed E-state index contributed by atoms with van der Waals surface area (Å²) in [6, 6.07) is 8.33. The molecule has 1 saturated heterocycles. The summed E-state index contributed by atoms with van der Waals surface area (Å²) in [7, 11) is 1.79. The number of benzene rings is 1. The molecule has 1 aliphatic heterocycles. The molecular formula is C21H35N3O3. The summed E-state index contributed by atoms with van der Waals surface area (Å²) < 4.78 is 16.8. The fourth-order valence-corrected chi connectivity index (χ4v) is 2.73. The average Bonchev–Trinajstić information content (AvgIpc) is 3.19. The molecule has 1 atom stereocenters. The van der Waals surface area contributed by atoms with Crippen molar-refractivity contribution in [1.82, 2.24) is 10.6 Å². The standard InChI is InChI=1S/C21H35N3O3/c1-17(2)15-27-19-7-5-18(6-8-19)9-12-24-21(22-3)23-11-4-13-26-20-10-14-25-16-20/h5-8,17,20H,4,9-16H2,1-3H3,(H2,22,23,24). The number of hydrogen-bond acceptors (Lipinski definition) is 4. The van der Waals surface area contributed by atoms with Crippen molar-refractivity contribution in [3.63, 3.8) is 0 Å². The molecule has 0 bridgehead atoms. The van der Waals surface area contributed by atoms with Crippen molar-refractivity contribution in [2.75, 3.05) is 46.6 Å². The van der Waals surface area contributed by atoms with Gasteiger partial charge in [-0.1, -0.05) is 26.0 Å². The van der Waals surface area contributed by atoms with E-state index >= 15 is 0 Å². The van der Waals surface area contributed by atoms with Gasteiger partial charge in [-0.25, -0.2) is 0 Å². The van der Waals surface area contributed by atoms with Crippen molar-refractivity contribution in [3.8, 4) is 5.75 Å². The molecule has 1 heterocycles. The second-order valence-corrected chi connectivity index (χ2v) is 7.23. The van der Waals surface area contributed by atoms with Crippen LogP contribution in [0.4, 0.5) is 0 Å². The number of rotatable bonds is 11. The zero-order valence-electron chi connectivity index (χ0n) is 17.0. The Kier molecular flexibility index (Phi) is 10.0. The minimum atomic E-state index is 0.282. The van der Waals surface area contributed by atoms with E-state index in [1.807, 2.05) is 12.1 Å². The predicted molar refractivity (Wildman–Crippen MR) is 110 cm³/mol. The minimum absolute atomic E-state index is 0.282. The number of aliphatic imine (C=N–C) groups is 1. The van der Waals surface area contributed by atoms with E-state index in [-0.39, 0.29) is 6.10 Å². The van der Waals surface area contributed by atoms with Gasteiger partial charge in [0.2, 0.25) is 0 Å². The molecule has 1 aliphatic rings. The van der Waals surface area contributed by atoms with E-state index in [9.17, 15) is 0 Å². The zero-order chi connectivity index (χ0) is 19.3. The molecule has 6 nitrogen and oxygen atoms in total. The van der Waals surface area contributed by atoms with Gasteiger partial charge in [0.15, 0.2) is 5.96 Å². The maximum absolute atomic E-state index is 5.76. The number of guanidine groups is 1. The highest BCUT2D eigenvalue weighted by molar-refractivity contribution is 5.79. The summed E-state index contributed by atoms with van der Waals surface area (Å²) in [5.41, 5.74) is 1.28. The SMILES string of the molecule is CN=C(NCCCOC1CCOC1)NCCc1ccc(OCC(C)C)cc1. The Morgan fingerprint density at radius 1 is 1.22 bits per heavy atom. The first-order valence-electron chi connectivity index (χ1n) is 10.0. The third-order valence-corrected chi connectivity index (χ3v) is 4.29. The molecule has 1 aromatic rings. The van der Waals surface area contributed by atoms with Gasteiger partial charge in [0.05, 0.1) is 19.3 Å². The van der Waals surface area contributed by atoms with Crippen LogP contribution in [0.3, 0.4) is 0 Å². The van der Waals surface area contributed by atoms with Crippen molar-refractivity contribution < 1.29 is 14.2 Å². The van der Waals surface area contributed by atoms with Crippen molar-refractivity contribution in [2.45, 2.75) is 39.2 Å². The molecule has 1 aromatic carbocycles. The molecule has 0 aliphatic carbocycles. The van der Waals surface area contributed by atoms with Gasteiger partial charge in [-0.2, -0.15) is 0 Å². The largest absolute Gasteiger partial charge is 0.493 e. The Balaban J connectivity index is 1.55. The molecule has 6 heteroatoms. The van der Waals surface area contributed by atoms with Gasteiger partial charge >= 0.3 is 0 Å². The fourth-order valence-electron chi connectivity index (χ4n) is 2.73. The quantitative estimate of drug-likeness (QED) is 0.353. The van der Waals surface area contributed by atoms with E-state index in [1.54, 1.807) is 7.05 Å².